The summed E-state index contributed by atoms with van der Waals surface area (Å²) in [5.41, 5.74) is -0.625. The lowest BCUT2D eigenvalue weighted by Crippen LogP contribution is -2.61. The van der Waals surface area contributed by atoms with E-state index in [-0.39, 0.29) is 5.91 Å². The van der Waals surface area contributed by atoms with Gasteiger partial charge in [0.05, 0.1) is 23.0 Å². The molecule has 6 heteroatoms. The average molecular weight is 289 g/mol. The summed E-state index contributed by atoms with van der Waals surface area (Å²) in [7, 11) is 1.79. The van der Waals surface area contributed by atoms with Gasteiger partial charge in [0.25, 0.3) is 0 Å². The van der Waals surface area contributed by atoms with Crippen LogP contribution in [0, 0.1) is 0 Å². The van der Waals surface area contributed by atoms with E-state index in [0.717, 1.165) is 9.21 Å². The van der Waals surface area contributed by atoms with Crippen LogP contribution in [0.5, 0.6) is 0 Å². The molecule has 0 spiro atoms. The van der Waals surface area contributed by atoms with E-state index < -0.39 is 5.60 Å². The van der Waals surface area contributed by atoms with Gasteiger partial charge in [0.15, 0.2) is 0 Å². The molecule has 0 aromatic carbocycles. The number of amides is 1. The van der Waals surface area contributed by atoms with Gasteiger partial charge in [-0.1, -0.05) is 11.6 Å². The summed E-state index contributed by atoms with van der Waals surface area (Å²) in [6.45, 7) is 3.87. The lowest BCUT2D eigenvalue weighted by molar-refractivity contribution is -0.139. The first-order valence-corrected chi connectivity index (χ1v) is 6.98. The van der Waals surface area contributed by atoms with Crippen molar-refractivity contribution in [3.05, 3.63) is 21.3 Å². The number of likely N-dealkylation sites (tertiary alicyclic amines) is 1. The number of nitrogens with zero attached hydrogens (tertiary/aromatic N) is 2. The molecule has 1 aliphatic rings. The SMILES string of the molecule is CN(Cc1ccc(Cl)s1)C(=O)CN1CC(C)(O)C1. The predicted molar refractivity (Wildman–Crippen MR) is 72.9 cm³/mol. The van der Waals surface area contributed by atoms with Crippen molar-refractivity contribution >= 4 is 28.8 Å². The topological polar surface area (TPSA) is 43.8 Å². The zero-order chi connectivity index (χ0) is 13.3. The number of thiophene rings is 1. The molecule has 1 saturated heterocycles. The Bertz CT molecular complexity index is 439. The molecule has 1 amide bonds. The van der Waals surface area contributed by atoms with Crippen molar-refractivity contribution in [1.82, 2.24) is 9.80 Å². The van der Waals surface area contributed by atoms with Crippen LogP contribution >= 0.6 is 22.9 Å². The number of β-amino-alcohol motifs (C(OH)–C–C–N with tert-alkyl or cyclic N) is 1. The Hall–Kier alpha value is -0.620. The van der Waals surface area contributed by atoms with Crippen LogP contribution in [-0.4, -0.2) is 53.1 Å². The molecule has 1 aromatic rings. The van der Waals surface area contributed by atoms with Crippen LogP contribution in [0.25, 0.3) is 0 Å². The molecule has 100 valence electrons. The summed E-state index contributed by atoms with van der Waals surface area (Å²) in [6, 6.07) is 3.78. The minimum absolute atomic E-state index is 0.0648. The van der Waals surface area contributed by atoms with Crippen molar-refractivity contribution < 1.29 is 9.90 Å². The largest absolute Gasteiger partial charge is 0.388 e. The van der Waals surface area contributed by atoms with Gasteiger partial charge in [0, 0.05) is 25.0 Å². The Morgan fingerprint density at radius 1 is 1.61 bits per heavy atom. The molecular formula is C12H17ClN2O2S. The quantitative estimate of drug-likeness (QED) is 0.911. The second kappa shape index (κ2) is 5.17. The maximum atomic E-state index is 11.9. The number of rotatable bonds is 4. The summed E-state index contributed by atoms with van der Waals surface area (Å²) in [5, 5.41) is 9.59. The first kappa shape index (κ1) is 13.8. The summed E-state index contributed by atoms with van der Waals surface area (Å²) >= 11 is 7.34. The van der Waals surface area contributed by atoms with Crippen LogP contribution in [0.4, 0.5) is 0 Å². The van der Waals surface area contributed by atoms with E-state index in [1.807, 2.05) is 17.0 Å². The van der Waals surface area contributed by atoms with E-state index in [4.69, 9.17) is 11.6 Å². The van der Waals surface area contributed by atoms with Crippen molar-refractivity contribution in [3.8, 4) is 0 Å². The van der Waals surface area contributed by atoms with Crippen LogP contribution in [0.15, 0.2) is 12.1 Å². The van der Waals surface area contributed by atoms with Gasteiger partial charge in [-0.3, -0.25) is 9.69 Å². The number of carbonyl (C=O) groups excluding carboxylic acids is 1. The van der Waals surface area contributed by atoms with Gasteiger partial charge in [0.2, 0.25) is 5.91 Å². The first-order valence-electron chi connectivity index (χ1n) is 5.79. The molecule has 18 heavy (non-hydrogen) atoms. The van der Waals surface area contributed by atoms with Gasteiger partial charge in [-0.2, -0.15) is 0 Å². The maximum Gasteiger partial charge on any atom is 0.236 e. The molecule has 0 bridgehead atoms. The van der Waals surface area contributed by atoms with Crippen LogP contribution < -0.4 is 0 Å². The van der Waals surface area contributed by atoms with Gasteiger partial charge in [0.1, 0.15) is 0 Å². The predicted octanol–water partition coefficient (Wildman–Crippen LogP) is 1.43. The molecule has 1 aliphatic heterocycles. The lowest BCUT2D eigenvalue weighted by atomic mass is 9.97. The Labute approximate surface area is 116 Å². The molecular weight excluding hydrogens is 272 g/mol. The third kappa shape index (κ3) is 3.45. The Balaban J connectivity index is 1.79. The van der Waals surface area contributed by atoms with E-state index in [9.17, 15) is 9.90 Å². The fourth-order valence-corrected chi connectivity index (χ4v) is 3.24. The van der Waals surface area contributed by atoms with Crippen molar-refractivity contribution in [1.29, 1.82) is 0 Å². The Morgan fingerprint density at radius 2 is 2.28 bits per heavy atom. The van der Waals surface area contributed by atoms with Gasteiger partial charge in [-0.05, 0) is 19.1 Å². The molecule has 2 heterocycles. The van der Waals surface area contributed by atoms with E-state index in [2.05, 4.69) is 0 Å². The average Bonchev–Trinajstić information content (AvgIpc) is 2.61. The minimum atomic E-state index is -0.625. The number of hydrogen-bond donors (Lipinski definition) is 1. The van der Waals surface area contributed by atoms with E-state index in [1.54, 1.807) is 18.9 Å². The molecule has 0 atom stereocenters. The zero-order valence-corrected chi connectivity index (χ0v) is 12.1. The van der Waals surface area contributed by atoms with E-state index in [0.29, 0.717) is 26.2 Å². The molecule has 1 fully saturated rings. The summed E-state index contributed by atoms with van der Waals surface area (Å²) < 4.78 is 0.740. The fourth-order valence-electron chi connectivity index (χ4n) is 2.10. The standard InChI is InChI=1S/C12H17ClN2O2S/c1-12(17)7-15(8-12)6-11(16)14(2)5-9-3-4-10(13)18-9/h3-4,17H,5-8H2,1-2H3. The highest BCUT2D eigenvalue weighted by atomic mass is 35.5. The summed E-state index contributed by atoms with van der Waals surface area (Å²) in [4.78, 5) is 16.7. The third-order valence-corrected chi connectivity index (χ3v) is 4.15. The van der Waals surface area contributed by atoms with E-state index in [1.165, 1.54) is 11.3 Å². The third-order valence-electron chi connectivity index (χ3n) is 2.93. The monoisotopic (exact) mass is 288 g/mol. The number of likely N-dealkylation sites (N-methyl/N-ethyl adjacent to an activating group) is 1. The van der Waals surface area contributed by atoms with Crippen LogP contribution in [0.1, 0.15) is 11.8 Å². The number of halogens is 1. The van der Waals surface area contributed by atoms with Crippen LogP contribution in [-0.2, 0) is 11.3 Å². The molecule has 0 saturated carbocycles. The molecule has 0 radical (unpaired) electrons. The fraction of sp³-hybridized carbons (Fsp3) is 0.583. The van der Waals surface area contributed by atoms with E-state index >= 15 is 0 Å². The molecule has 0 unspecified atom stereocenters. The lowest BCUT2D eigenvalue weighted by Gasteiger charge is -2.44. The van der Waals surface area contributed by atoms with Crippen molar-refractivity contribution in [3.63, 3.8) is 0 Å². The second-order valence-electron chi connectivity index (χ2n) is 5.10. The summed E-state index contributed by atoms with van der Waals surface area (Å²) in [6.07, 6.45) is 0. The van der Waals surface area contributed by atoms with Gasteiger partial charge in [-0.25, -0.2) is 0 Å². The smallest absolute Gasteiger partial charge is 0.236 e. The summed E-state index contributed by atoms with van der Waals surface area (Å²) in [5.74, 6) is 0.0648. The molecule has 2 rings (SSSR count). The number of hydrogen-bond acceptors (Lipinski definition) is 4. The molecule has 1 aromatic heterocycles. The highest BCUT2D eigenvalue weighted by Gasteiger charge is 2.37. The van der Waals surface area contributed by atoms with Gasteiger partial charge < -0.3 is 10.0 Å². The molecule has 1 N–H and O–H groups in total. The maximum absolute atomic E-state index is 11.9. The van der Waals surface area contributed by atoms with Crippen molar-refractivity contribution in [2.24, 2.45) is 0 Å². The first-order chi connectivity index (χ1) is 8.35. The zero-order valence-electron chi connectivity index (χ0n) is 10.5. The highest BCUT2D eigenvalue weighted by molar-refractivity contribution is 7.16. The molecule has 0 aliphatic carbocycles. The van der Waals surface area contributed by atoms with Crippen LogP contribution in [0.3, 0.4) is 0 Å². The Morgan fingerprint density at radius 3 is 2.78 bits per heavy atom. The van der Waals surface area contributed by atoms with Gasteiger partial charge >= 0.3 is 0 Å². The van der Waals surface area contributed by atoms with Gasteiger partial charge in [-0.15, -0.1) is 11.3 Å². The normalized spacial score (nSPS) is 18.4. The van der Waals surface area contributed by atoms with Crippen molar-refractivity contribution in [2.45, 2.75) is 19.1 Å². The Kier molecular flexibility index (Phi) is 3.96. The number of aliphatic hydroxyl groups is 1. The van der Waals surface area contributed by atoms with Crippen LogP contribution in [0.2, 0.25) is 4.34 Å². The molecule has 4 nitrogen and oxygen atoms in total. The van der Waals surface area contributed by atoms with Crippen molar-refractivity contribution in [2.75, 3.05) is 26.7 Å². The second-order valence-corrected chi connectivity index (χ2v) is 6.90. The highest BCUT2D eigenvalue weighted by Crippen LogP contribution is 2.23. The minimum Gasteiger partial charge on any atom is -0.388 e. The number of carbonyl (C=O) groups is 1.